The number of nitrogens with zero attached hydrogens (tertiary/aromatic N) is 2. The molecule has 12 rings (SSSR count). The predicted molar refractivity (Wildman–Crippen MR) is 350 cm³/mol. The molecule has 4 heterocycles. The smallest absolute Gasteiger partial charge is 0.264 e. The zero-order chi connectivity index (χ0) is 62.6. The van der Waals surface area contributed by atoms with Crippen molar-refractivity contribution in [2.24, 2.45) is 35.5 Å². The number of benzene rings is 4. The lowest BCUT2D eigenvalue weighted by Gasteiger charge is -2.49. The number of aryl methyl sites for hydroxylation is 2. The maximum absolute atomic E-state index is 13.4. The average Bonchev–Trinajstić information content (AvgIpc) is 2.11. The van der Waals surface area contributed by atoms with E-state index in [2.05, 4.69) is 57.4 Å². The van der Waals surface area contributed by atoms with E-state index in [1.807, 2.05) is 50.3 Å². The SMILES string of the molecule is CCC[C@@]1(O)/C=C/C[C@H](C)[C@@H](C)S(=O)(=O)NC(=O)c2ccc3c(c2)N(C[C@@H]2CC[C@H]21)C[C@@]1(CCCc2cc(Cl)ccc21)CO3.CCC[C@]1(O)/C=C/C[C@H](C)[C@@H](C)S(=O)(=O)NC(=O)c2ccc3c(c2)N(C[C@@H]2CC[C@H]21)C[C@@]1(CCCc2cc(Cl)ccc21)CO3. The fourth-order valence-electron chi connectivity index (χ4n) is 16.1. The van der Waals surface area contributed by atoms with E-state index < -0.39 is 53.6 Å². The number of halogens is 2. The highest BCUT2D eigenvalue weighted by Crippen LogP contribution is 2.52. The molecule has 4 aromatic carbocycles. The minimum absolute atomic E-state index is 0.0931. The van der Waals surface area contributed by atoms with Gasteiger partial charge in [-0.25, -0.2) is 26.3 Å². The number of hydrogen-bond donors (Lipinski definition) is 4. The van der Waals surface area contributed by atoms with Crippen molar-refractivity contribution in [2.45, 2.75) is 177 Å². The van der Waals surface area contributed by atoms with E-state index in [-0.39, 0.29) is 57.5 Å². The largest absolute Gasteiger partial charge is 0.490 e. The van der Waals surface area contributed by atoms with E-state index in [4.69, 9.17) is 32.7 Å². The summed E-state index contributed by atoms with van der Waals surface area (Å²) >= 11 is 12.8. The number of fused-ring (bicyclic) bond motifs is 8. The molecule has 4 N–H and O–H groups in total. The highest BCUT2D eigenvalue weighted by Gasteiger charge is 2.50. The van der Waals surface area contributed by atoms with Crippen molar-refractivity contribution < 1.29 is 46.1 Å². The predicted octanol–water partition coefficient (Wildman–Crippen LogP) is 12.8. The van der Waals surface area contributed by atoms with Crippen LogP contribution in [0.3, 0.4) is 0 Å². The molecule has 476 valence electrons. The van der Waals surface area contributed by atoms with E-state index in [1.54, 1.807) is 50.2 Å². The Balaban J connectivity index is 0.000000182. The second kappa shape index (κ2) is 25.5. The van der Waals surface area contributed by atoms with Crippen LogP contribution in [0.15, 0.2) is 97.1 Å². The van der Waals surface area contributed by atoms with E-state index in [0.29, 0.717) is 76.6 Å². The van der Waals surface area contributed by atoms with Gasteiger partial charge in [0.15, 0.2) is 0 Å². The lowest BCUT2D eigenvalue weighted by atomic mass is 9.63. The molecule has 0 unspecified atom stereocenters. The summed E-state index contributed by atoms with van der Waals surface area (Å²) in [6.45, 7) is 15.0. The Hall–Kier alpha value is -5.10. The van der Waals surface area contributed by atoms with Gasteiger partial charge in [0.25, 0.3) is 11.8 Å². The van der Waals surface area contributed by atoms with E-state index in [0.717, 1.165) is 98.5 Å². The molecule has 88 heavy (non-hydrogen) atoms. The van der Waals surface area contributed by atoms with Crippen molar-refractivity contribution in [3.63, 3.8) is 0 Å². The maximum Gasteiger partial charge on any atom is 0.264 e. The molecular weight excluding hydrogens is 1190 g/mol. The Morgan fingerprint density at radius 1 is 0.580 bits per heavy atom. The second-order valence-electron chi connectivity index (χ2n) is 27.5. The fraction of sp³-hybridized carbons (Fsp3) is 0.571. The minimum Gasteiger partial charge on any atom is -0.490 e. The molecule has 12 atom stereocenters. The molecular formula is C70H90Cl2N4O10S2. The van der Waals surface area contributed by atoms with Gasteiger partial charge in [0.2, 0.25) is 20.0 Å². The summed E-state index contributed by atoms with van der Waals surface area (Å²) < 4.78 is 71.0. The molecule has 2 spiro atoms. The van der Waals surface area contributed by atoms with E-state index in [9.17, 15) is 36.6 Å². The molecule has 4 aliphatic heterocycles. The number of aliphatic hydroxyl groups is 2. The van der Waals surface area contributed by atoms with Gasteiger partial charge in [-0.3, -0.25) is 9.59 Å². The first kappa shape index (κ1) is 64.4. The number of allylic oxidation sites excluding steroid dienone is 2. The number of sulfonamides is 2. The van der Waals surface area contributed by atoms with Gasteiger partial charge >= 0.3 is 0 Å². The second-order valence-corrected chi connectivity index (χ2v) is 32.5. The Morgan fingerprint density at radius 2 is 0.989 bits per heavy atom. The quantitative estimate of drug-likeness (QED) is 0.142. The summed E-state index contributed by atoms with van der Waals surface area (Å²) in [7, 11) is -7.87. The van der Waals surface area contributed by atoms with Gasteiger partial charge in [0.1, 0.15) is 11.5 Å². The molecule has 14 nitrogen and oxygen atoms in total. The van der Waals surface area contributed by atoms with Crippen molar-refractivity contribution in [3.05, 3.63) is 141 Å². The first-order chi connectivity index (χ1) is 41.9. The maximum atomic E-state index is 13.4. The minimum atomic E-state index is -3.94. The number of amides is 2. The molecule has 4 bridgehead atoms. The fourth-order valence-corrected chi connectivity index (χ4v) is 19.0. The highest BCUT2D eigenvalue weighted by molar-refractivity contribution is 7.91. The van der Waals surface area contributed by atoms with Crippen molar-refractivity contribution in [1.29, 1.82) is 0 Å². The number of anilines is 2. The molecule has 0 aromatic heterocycles. The summed E-state index contributed by atoms with van der Waals surface area (Å²) in [6.07, 6.45) is 21.6. The molecule has 2 fully saturated rings. The van der Waals surface area contributed by atoms with Crippen LogP contribution in [0.4, 0.5) is 11.4 Å². The lowest BCUT2D eigenvalue weighted by Crippen LogP contribution is -2.52. The molecule has 2 saturated carbocycles. The van der Waals surface area contributed by atoms with E-state index >= 15 is 0 Å². The summed E-state index contributed by atoms with van der Waals surface area (Å²) in [4.78, 5) is 31.5. The van der Waals surface area contributed by atoms with Crippen LogP contribution in [-0.2, 0) is 43.7 Å². The summed E-state index contributed by atoms with van der Waals surface area (Å²) in [6, 6.07) is 22.9. The van der Waals surface area contributed by atoms with Crippen LogP contribution in [0.25, 0.3) is 0 Å². The van der Waals surface area contributed by atoms with Crippen molar-refractivity contribution in [1.82, 2.24) is 9.44 Å². The number of rotatable bonds is 4. The normalized spacial score (nSPS) is 34.0. The molecule has 8 aliphatic rings. The third-order valence-corrected chi connectivity index (χ3v) is 26.1. The number of carbonyl (C=O) groups is 2. The third-order valence-electron chi connectivity index (χ3n) is 21.8. The van der Waals surface area contributed by atoms with Gasteiger partial charge in [0.05, 0.1) is 46.3 Å². The topological polar surface area (TPSA) is 192 Å². The Labute approximate surface area is 532 Å². The molecule has 2 amide bonds. The van der Waals surface area contributed by atoms with Crippen LogP contribution in [-0.4, -0.2) is 100.0 Å². The Morgan fingerprint density at radius 3 is 1.36 bits per heavy atom. The van der Waals surface area contributed by atoms with Crippen LogP contribution < -0.4 is 28.7 Å². The third kappa shape index (κ3) is 12.8. The van der Waals surface area contributed by atoms with Gasteiger partial charge in [0, 0.05) is 58.2 Å². The first-order valence-corrected chi connectivity index (χ1v) is 36.3. The molecule has 4 aromatic rings. The summed E-state index contributed by atoms with van der Waals surface area (Å²) in [5, 5.41) is 24.0. The molecule has 0 radical (unpaired) electrons. The number of hydrogen-bond acceptors (Lipinski definition) is 12. The molecule has 18 heteroatoms. The average molecular weight is 1280 g/mol. The van der Waals surface area contributed by atoms with Crippen LogP contribution in [0.2, 0.25) is 10.0 Å². The monoisotopic (exact) mass is 1280 g/mol. The van der Waals surface area contributed by atoms with Crippen molar-refractivity contribution in [3.8, 4) is 11.5 Å². The Kier molecular flexibility index (Phi) is 18.7. The van der Waals surface area contributed by atoms with Crippen molar-refractivity contribution >= 4 is 66.4 Å². The summed E-state index contributed by atoms with van der Waals surface area (Å²) in [5.74, 6) is 0.320. The zero-order valence-corrected chi connectivity index (χ0v) is 55.2. The van der Waals surface area contributed by atoms with Crippen LogP contribution >= 0.6 is 23.2 Å². The number of ether oxygens (including phenoxy) is 2. The van der Waals surface area contributed by atoms with E-state index in [1.165, 1.54) is 22.3 Å². The standard InChI is InChI=1S/2C35H45ClN2O5S/c2*1-4-15-35(40)17-5-7-23(2)24(3)44(41,42)37-33(39)26-10-14-32-31(19-26)38(20-27-9-12-30(27)35)21-34(22-43-32)16-6-8-25-18-28(36)11-13-29(25)34/h2*5,10-11,13-14,17-19,23-24,27,30,40H,4,6-9,12,15-16,20-22H2,1-3H3,(H,37,39)/b2*17-5+/t23-,24+,27-,30+,34-,35+;23-,24+,27-,30+,34-,35-/m00/s1. The lowest BCUT2D eigenvalue weighted by molar-refractivity contribution is -0.0512. The zero-order valence-electron chi connectivity index (χ0n) is 52.0. The Bertz CT molecular complexity index is 3350. The van der Waals surface area contributed by atoms with Crippen molar-refractivity contribution in [2.75, 3.05) is 49.2 Å². The highest BCUT2D eigenvalue weighted by atomic mass is 35.5. The van der Waals surface area contributed by atoms with Gasteiger partial charge in [-0.05, 0) is 222 Å². The number of nitrogens with one attached hydrogen (secondary N) is 2. The van der Waals surface area contributed by atoms with Gasteiger partial charge in [-0.15, -0.1) is 0 Å². The van der Waals surface area contributed by atoms with Crippen LogP contribution in [0.5, 0.6) is 11.5 Å². The number of carbonyl (C=O) groups excluding carboxylic acids is 2. The van der Waals surface area contributed by atoms with Crippen LogP contribution in [0.1, 0.15) is 174 Å². The van der Waals surface area contributed by atoms with Gasteiger partial charge in [-0.1, -0.05) is 100 Å². The molecule has 0 saturated heterocycles. The first-order valence-electron chi connectivity index (χ1n) is 32.4. The van der Waals surface area contributed by atoms with Gasteiger partial charge < -0.3 is 29.5 Å². The van der Waals surface area contributed by atoms with Gasteiger partial charge in [-0.2, -0.15) is 0 Å². The van der Waals surface area contributed by atoms with Crippen LogP contribution in [0, 0.1) is 35.5 Å². The molecule has 4 aliphatic carbocycles. The summed E-state index contributed by atoms with van der Waals surface area (Å²) in [5.41, 5.74) is 4.74.